The van der Waals surface area contributed by atoms with Crippen LogP contribution in [0.1, 0.15) is 12.5 Å². The van der Waals surface area contributed by atoms with E-state index in [-0.39, 0.29) is 5.75 Å². The first kappa shape index (κ1) is 14.0. The summed E-state index contributed by atoms with van der Waals surface area (Å²) in [7, 11) is -3.72. The fourth-order valence-corrected chi connectivity index (χ4v) is 2.85. The van der Waals surface area contributed by atoms with Gasteiger partial charge in [-0.05, 0) is 18.6 Å². The minimum Gasteiger partial charge on any atom is -0.480 e. The molecule has 2 N–H and O–H groups in total. The zero-order chi connectivity index (χ0) is 13.1. The summed E-state index contributed by atoms with van der Waals surface area (Å²) in [6.45, 7) is 1.26. The van der Waals surface area contributed by atoms with E-state index in [4.69, 9.17) is 16.7 Å². The number of hydrogen-bond donors (Lipinski definition) is 2. The molecule has 17 heavy (non-hydrogen) atoms. The molecule has 0 bridgehead atoms. The second-order valence-corrected chi connectivity index (χ2v) is 5.69. The highest BCUT2D eigenvalue weighted by molar-refractivity contribution is 7.88. The molecule has 0 aliphatic rings. The lowest BCUT2D eigenvalue weighted by Crippen LogP contribution is -2.38. The molecule has 0 saturated carbocycles. The molecule has 1 aromatic carbocycles. The lowest BCUT2D eigenvalue weighted by atomic mass is 10.2. The maximum Gasteiger partial charge on any atom is 0.321 e. The summed E-state index contributed by atoms with van der Waals surface area (Å²) in [6, 6.07) is 5.34. The number of carbonyl (C=O) groups is 1. The third-order valence-electron chi connectivity index (χ3n) is 2.03. The Kier molecular flexibility index (Phi) is 4.50. The van der Waals surface area contributed by atoms with Crippen LogP contribution >= 0.6 is 11.6 Å². The van der Waals surface area contributed by atoms with E-state index in [9.17, 15) is 13.2 Å². The maximum absolute atomic E-state index is 11.6. The molecule has 0 aliphatic carbocycles. The van der Waals surface area contributed by atoms with E-state index in [1.165, 1.54) is 6.92 Å². The Morgan fingerprint density at radius 2 is 2.06 bits per heavy atom. The molecule has 0 saturated heterocycles. The van der Waals surface area contributed by atoms with Crippen molar-refractivity contribution in [1.29, 1.82) is 0 Å². The number of benzene rings is 1. The van der Waals surface area contributed by atoms with Crippen molar-refractivity contribution >= 4 is 27.6 Å². The fourth-order valence-electron chi connectivity index (χ4n) is 1.18. The van der Waals surface area contributed by atoms with Crippen LogP contribution in [-0.4, -0.2) is 25.5 Å². The highest BCUT2D eigenvalue weighted by Crippen LogP contribution is 2.17. The molecule has 0 aliphatic heterocycles. The predicted octanol–water partition coefficient (Wildman–Crippen LogP) is 1.23. The Morgan fingerprint density at radius 1 is 1.47 bits per heavy atom. The highest BCUT2D eigenvalue weighted by atomic mass is 35.5. The Hall–Kier alpha value is -1.11. The Labute approximate surface area is 104 Å². The molecule has 0 amide bonds. The molecule has 0 spiro atoms. The van der Waals surface area contributed by atoms with Gasteiger partial charge in [0.25, 0.3) is 0 Å². The van der Waals surface area contributed by atoms with E-state index in [2.05, 4.69) is 0 Å². The molecule has 1 atom stereocenters. The maximum atomic E-state index is 11.6. The van der Waals surface area contributed by atoms with Crippen LogP contribution in [0.5, 0.6) is 0 Å². The molecule has 0 fully saturated rings. The van der Waals surface area contributed by atoms with Crippen LogP contribution in [-0.2, 0) is 20.6 Å². The van der Waals surface area contributed by atoms with Gasteiger partial charge in [0, 0.05) is 5.02 Å². The largest absolute Gasteiger partial charge is 0.480 e. The van der Waals surface area contributed by atoms with E-state index in [1.807, 2.05) is 4.72 Å². The topological polar surface area (TPSA) is 83.5 Å². The van der Waals surface area contributed by atoms with E-state index in [0.717, 1.165) is 0 Å². The van der Waals surface area contributed by atoms with Crippen molar-refractivity contribution in [3.05, 3.63) is 34.9 Å². The highest BCUT2D eigenvalue weighted by Gasteiger charge is 2.20. The number of hydrogen-bond acceptors (Lipinski definition) is 3. The normalized spacial score (nSPS) is 13.3. The molecular weight excluding hydrogens is 266 g/mol. The SMILES string of the molecule is C[C@H](NS(=O)(=O)Cc1ccccc1Cl)C(=O)O. The number of carboxylic acids is 1. The molecule has 1 rings (SSSR count). The van der Waals surface area contributed by atoms with Crippen molar-refractivity contribution in [2.75, 3.05) is 0 Å². The molecule has 5 nitrogen and oxygen atoms in total. The van der Waals surface area contributed by atoms with Crippen LogP contribution in [0.4, 0.5) is 0 Å². The molecule has 0 unspecified atom stereocenters. The Bertz CT molecular complexity index is 515. The second-order valence-electron chi connectivity index (χ2n) is 3.53. The van der Waals surface area contributed by atoms with Crippen LogP contribution in [0.15, 0.2) is 24.3 Å². The van der Waals surface area contributed by atoms with Crippen molar-refractivity contribution in [1.82, 2.24) is 4.72 Å². The summed E-state index contributed by atoms with van der Waals surface area (Å²) in [5.74, 6) is -1.57. The average Bonchev–Trinajstić information content (AvgIpc) is 2.20. The molecule has 94 valence electrons. The second kappa shape index (κ2) is 5.48. The lowest BCUT2D eigenvalue weighted by molar-refractivity contribution is -0.138. The Balaban J connectivity index is 2.81. The number of rotatable bonds is 5. The minimum absolute atomic E-state index is 0.334. The van der Waals surface area contributed by atoms with E-state index in [1.54, 1.807) is 24.3 Å². The zero-order valence-corrected chi connectivity index (χ0v) is 10.6. The Morgan fingerprint density at radius 3 is 2.59 bits per heavy atom. The van der Waals surface area contributed by atoms with Gasteiger partial charge in [0.2, 0.25) is 10.0 Å². The van der Waals surface area contributed by atoms with Gasteiger partial charge in [-0.2, -0.15) is 0 Å². The van der Waals surface area contributed by atoms with E-state index < -0.39 is 22.0 Å². The minimum atomic E-state index is -3.72. The summed E-state index contributed by atoms with van der Waals surface area (Å²) < 4.78 is 25.3. The molecular formula is C10H12ClNO4S. The van der Waals surface area contributed by atoms with E-state index in [0.29, 0.717) is 10.6 Å². The smallest absolute Gasteiger partial charge is 0.321 e. The third kappa shape index (κ3) is 4.33. The zero-order valence-electron chi connectivity index (χ0n) is 9.05. The van der Waals surface area contributed by atoms with Crippen molar-refractivity contribution in [2.24, 2.45) is 0 Å². The van der Waals surface area contributed by atoms with Gasteiger partial charge in [0.05, 0.1) is 5.75 Å². The lowest BCUT2D eigenvalue weighted by Gasteiger charge is -2.10. The van der Waals surface area contributed by atoms with Gasteiger partial charge >= 0.3 is 5.97 Å². The first-order valence-corrected chi connectivity index (χ1v) is 6.81. The van der Waals surface area contributed by atoms with Crippen molar-refractivity contribution < 1.29 is 18.3 Å². The number of halogens is 1. The van der Waals surface area contributed by atoms with Gasteiger partial charge in [0.15, 0.2) is 0 Å². The number of aliphatic carboxylic acids is 1. The van der Waals surface area contributed by atoms with Gasteiger partial charge < -0.3 is 5.11 Å². The van der Waals surface area contributed by atoms with Crippen LogP contribution in [0.25, 0.3) is 0 Å². The molecule has 0 aromatic heterocycles. The summed E-state index contributed by atoms with van der Waals surface area (Å²) >= 11 is 5.82. The number of nitrogens with one attached hydrogen (secondary N) is 1. The quantitative estimate of drug-likeness (QED) is 0.848. The summed E-state index contributed by atoms with van der Waals surface area (Å²) in [5, 5.41) is 8.95. The van der Waals surface area contributed by atoms with Gasteiger partial charge in [0.1, 0.15) is 6.04 Å². The summed E-state index contributed by atoms with van der Waals surface area (Å²) in [5.41, 5.74) is 0.430. The van der Waals surface area contributed by atoms with Gasteiger partial charge in [-0.3, -0.25) is 4.79 Å². The number of sulfonamides is 1. The third-order valence-corrected chi connectivity index (χ3v) is 3.80. The number of carboxylic acid groups (broad SMARTS) is 1. The first-order valence-electron chi connectivity index (χ1n) is 4.78. The van der Waals surface area contributed by atoms with Crippen molar-refractivity contribution in [2.45, 2.75) is 18.7 Å². The van der Waals surface area contributed by atoms with Crippen molar-refractivity contribution in [3.8, 4) is 0 Å². The molecule has 0 heterocycles. The van der Waals surface area contributed by atoms with Gasteiger partial charge in [-0.25, -0.2) is 13.1 Å². The molecule has 7 heteroatoms. The summed E-state index contributed by atoms with van der Waals surface area (Å²) in [4.78, 5) is 10.5. The fraction of sp³-hybridized carbons (Fsp3) is 0.300. The van der Waals surface area contributed by atoms with Crippen LogP contribution in [0.2, 0.25) is 5.02 Å². The average molecular weight is 278 g/mol. The van der Waals surface area contributed by atoms with Crippen LogP contribution in [0.3, 0.4) is 0 Å². The summed E-state index contributed by atoms with van der Waals surface area (Å²) in [6.07, 6.45) is 0. The van der Waals surface area contributed by atoms with Crippen LogP contribution in [0, 0.1) is 0 Å². The van der Waals surface area contributed by atoms with Gasteiger partial charge in [-0.15, -0.1) is 0 Å². The first-order chi connectivity index (χ1) is 7.82. The standard InChI is InChI=1S/C10H12ClNO4S/c1-7(10(13)14)12-17(15,16)6-8-4-2-3-5-9(8)11/h2-5,7,12H,6H2,1H3,(H,13,14)/t7-/m0/s1. The van der Waals surface area contributed by atoms with Crippen LogP contribution < -0.4 is 4.72 Å². The monoisotopic (exact) mass is 277 g/mol. The predicted molar refractivity (Wildman–Crippen MR) is 64.3 cm³/mol. The molecule has 1 aromatic rings. The van der Waals surface area contributed by atoms with Crippen molar-refractivity contribution in [3.63, 3.8) is 0 Å². The molecule has 0 radical (unpaired) electrons. The van der Waals surface area contributed by atoms with E-state index >= 15 is 0 Å². The van der Waals surface area contributed by atoms with Gasteiger partial charge in [-0.1, -0.05) is 29.8 Å².